The number of nitrogens with two attached hydrogens (primary N) is 1. The third-order valence-corrected chi connectivity index (χ3v) is 3.04. The van der Waals surface area contributed by atoms with E-state index in [0.717, 1.165) is 4.47 Å². The Morgan fingerprint density at radius 3 is 2.88 bits per heavy atom. The average Bonchev–Trinajstić information content (AvgIpc) is 2.30. The van der Waals surface area contributed by atoms with Crippen LogP contribution >= 0.6 is 15.9 Å². The van der Waals surface area contributed by atoms with E-state index < -0.39 is 0 Å². The number of rotatable bonds is 5. The van der Waals surface area contributed by atoms with Gasteiger partial charge in [-0.05, 0) is 40.0 Å². The minimum atomic E-state index is -0.118. The van der Waals surface area contributed by atoms with Gasteiger partial charge in [0.1, 0.15) is 0 Å². The number of nitrogens with one attached hydrogen (secondary N) is 1. The van der Waals surface area contributed by atoms with E-state index in [0.29, 0.717) is 24.4 Å². The molecule has 0 heterocycles. The molecule has 0 aliphatic carbocycles. The van der Waals surface area contributed by atoms with Crippen LogP contribution in [0.5, 0.6) is 0 Å². The van der Waals surface area contributed by atoms with Crippen molar-refractivity contribution in [3.05, 3.63) is 28.2 Å². The average molecular weight is 301 g/mol. The van der Waals surface area contributed by atoms with Gasteiger partial charge in [0.15, 0.2) is 0 Å². The number of hydrogen-bond acceptors (Lipinski definition) is 3. The summed E-state index contributed by atoms with van der Waals surface area (Å²) in [7, 11) is 1.65. The van der Waals surface area contributed by atoms with Gasteiger partial charge in [-0.1, -0.05) is 6.92 Å². The highest BCUT2D eigenvalue weighted by Gasteiger charge is 2.09. The van der Waals surface area contributed by atoms with E-state index >= 15 is 0 Å². The van der Waals surface area contributed by atoms with Crippen LogP contribution in [-0.2, 0) is 4.74 Å². The second-order valence-corrected chi connectivity index (χ2v) is 4.86. The highest BCUT2D eigenvalue weighted by atomic mass is 79.9. The topological polar surface area (TPSA) is 64.3 Å². The van der Waals surface area contributed by atoms with Crippen molar-refractivity contribution in [1.82, 2.24) is 5.32 Å². The van der Waals surface area contributed by atoms with Crippen molar-refractivity contribution < 1.29 is 9.53 Å². The molecule has 1 rings (SSSR count). The first kappa shape index (κ1) is 14.0. The van der Waals surface area contributed by atoms with Crippen molar-refractivity contribution in [2.45, 2.75) is 6.92 Å². The Balaban J connectivity index is 2.55. The lowest BCUT2D eigenvalue weighted by atomic mass is 10.1. The predicted octanol–water partition coefficient (Wildman–Crippen LogP) is 2.04. The zero-order valence-electron chi connectivity index (χ0n) is 10.00. The standard InChI is InChI=1S/C12H17BrN2O2/c1-8(7-17-2)6-15-12(16)9-3-4-10(13)11(14)5-9/h3-5,8H,6-7,14H2,1-2H3,(H,15,16). The van der Waals surface area contributed by atoms with Crippen LogP contribution in [0, 0.1) is 5.92 Å². The molecule has 0 radical (unpaired) electrons. The Kier molecular flexibility index (Phi) is 5.44. The van der Waals surface area contributed by atoms with Crippen molar-refractivity contribution in [3.8, 4) is 0 Å². The number of hydrogen-bond donors (Lipinski definition) is 2. The van der Waals surface area contributed by atoms with Crippen molar-refractivity contribution in [2.24, 2.45) is 5.92 Å². The molecular formula is C12H17BrN2O2. The molecule has 1 aromatic rings. The molecule has 1 unspecified atom stereocenters. The summed E-state index contributed by atoms with van der Waals surface area (Å²) >= 11 is 3.29. The van der Waals surface area contributed by atoms with Gasteiger partial charge < -0.3 is 15.8 Å². The molecule has 0 aromatic heterocycles. The van der Waals surface area contributed by atoms with Crippen LogP contribution < -0.4 is 11.1 Å². The normalized spacial score (nSPS) is 12.2. The number of nitrogen functional groups attached to an aromatic ring is 1. The fourth-order valence-electron chi connectivity index (χ4n) is 1.40. The molecule has 0 aliphatic heterocycles. The molecule has 17 heavy (non-hydrogen) atoms. The number of anilines is 1. The molecule has 1 aromatic carbocycles. The molecular weight excluding hydrogens is 284 g/mol. The zero-order valence-corrected chi connectivity index (χ0v) is 11.6. The molecule has 0 saturated heterocycles. The van der Waals surface area contributed by atoms with Gasteiger partial charge in [-0.2, -0.15) is 0 Å². The van der Waals surface area contributed by atoms with Crippen molar-refractivity contribution in [3.63, 3.8) is 0 Å². The van der Waals surface area contributed by atoms with E-state index in [2.05, 4.69) is 21.2 Å². The number of carbonyl (C=O) groups is 1. The highest BCUT2D eigenvalue weighted by molar-refractivity contribution is 9.10. The quantitative estimate of drug-likeness (QED) is 0.818. The molecule has 4 nitrogen and oxygen atoms in total. The van der Waals surface area contributed by atoms with Gasteiger partial charge in [0.05, 0.1) is 6.61 Å². The lowest BCUT2D eigenvalue weighted by Crippen LogP contribution is -2.29. The van der Waals surface area contributed by atoms with Gasteiger partial charge >= 0.3 is 0 Å². The summed E-state index contributed by atoms with van der Waals surface area (Å²) in [5, 5.41) is 2.84. The molecule has 1 atom stereocenters. The highest BCUT2D eigenvalue weighted by Crippen LogP contribution is 2.20. The fourth-order valence-corrected chi connectivity index (χ4v) is 1.64. The lowest BCUT2D eigenvalue weighted by Gasteiger charge is -2.11. The Hall–Kier alpha value is -1.07. The van der Waals surface area contributed by atoms with E-state index in [-0.39, 0.29) is 11.8 Å². The summed E-state index contributed by atoms with van der Waals surface area (Å²) in [6.07, 6.45) is 0. The monoisotopic (exact) mass is 300 g/mol. The second kappa shape index (κ2) is 6.61. The Labute approximate surface area is 110 Å². The SMILES string of the molecule is COCC(C)CNC(=O)c1ccc(Br)c(N)c1. The molecule has 94 valence electrons. The van der Waals surface area contributed by atoms with Crippen LogP contribution in [0.15, 0.2) is 22.7 Å². The summed E-state index contributed by atoms with van der Waals surface area (Å²) in [4.78, 5) is 11.8. The summed E-state index contributed by atoms with van der Waals surface area (Å²) in [5.74, 6) is 0.170. The second-order valence-electron chi connectivity index (χ2n) is 4.01. The summed E-state index contributed by atoms with van der Waals surface area (Å²) < 4.78 is 5.79. The molecule has 0 saturated carbocycles. The molecule has 1 amide bonds. The summed E-state index contributed by atoms with van der Waals surface area (Å²) in [6.45, 7) is 3.23. The van der Waals surface area contributed by atoms with Gasteiger partial charge in [0.2, 0.25) is 0 Å². The van der Waals surface area contributed by atoms with Crippen LogP contribution in [0.25, 0.3) is 0 Å². The first-order valence-corrected chi connectivity index (χ1v) is 6.16. The van der Waals surface area contributed by atoms with Gasteiger partial charge in [-0.15, -0.1) is 0 Å². The van der Waals surface area contributed by atoms with E-state index in [4.69, 9.17) is 10.5 Å². The summed E-state index contributed by atoms with van der Waals surface area (Å²) in [6, 6.07) is 5.15. The predicted molar refractivity (Wildman–Crippen MR) is 71.9 cm³/mol. The first-order chi connectivity index (χ1) is 8.04. The van der Waals surface area contributed by atoms with E-state index in [9.17, 15) is 4.79 Å². The van der Waals surface area contributed by atoms with E-state index in [1.165, 1.54) is 0 Å². The Morgan fingerprint density at radius 2 is 2.29 bits per heavy atom. The van der Waals surface area contributed by atoms with Crippen molar-refractivity contribution in [2.75, 3.05) is 26.0 Å². The third kappa shape index (κ3) is 4.36. The van der Waals surface area contributed by atoms with Crippen LogP contribution in [0.1, 0.15) is 17.3 Å². The molecule has 3 N–H and O–H groups in total. The molecule has 0 fully saturated rings. The number of amides is 1. The number of benzene rings is 1. The Bertz CT molecular complexity index is 396. The van der Waals surface area contributed by atoms with Crippen molar-refractivity contribution >= 4 is 27.5 Å². The van der Waals surface area contributed by atoms with Crippen molar-refractivity contribution in [1.29, 1.82) is 0 Å². The maximum atomic E-state index is 11.8. The molecule has 0 aliphatic rings. The number of methoxy groups -OCH3 is 1. The minimum absolute atomic E-state index is 0.118. The molecule has 5 heteroatoms. The fraction of sp³-hybridized carbons (Fsp3) is 0.417. The minimum Gasteiger partial charge on any atom is -0.398 e. The first-order valence-electron chi connectivity index (χ1n) is 5.36. The zero-order chi connectivity index (χ0) is 12.8. The summed E-state index contributed by atoms with van der Waals surface area (Å²) in [5.41, 5.74) is 6.84. The number of carbonyl (C=O) groups excluding carboxylic acids is 1. The van der Waals surface area contributed by atoms with Gasteiger partial charge in [-0.25, -0.2) is 0 Å². The van der Waals surface area contributed by atoms with Crippen LogP contribution in [-0.4, -0.2) is 26.2 Å². The van der Waals surface area contributed by atoms with Crippen LogP contribution in [0.2, 0.25) is 0 Å². The van der Waals surface area contributed by atoms with Gasteiger partial charge in [0.25, 0.3) is 5.91 Å². The Morgan fingerprint density at radius 1 is 1.59 bits per heavy atom. The molecule has 0 bridgehead atoms. The van der Waals surface area contributed by atoms with Gasteiger partial charge in [0, 0.05) is 29.4 Å². The largest absolute Gasteiger partial charge is 0.398 e. The van der Waals surface area contributed by atoms with Crippen LogP contribution in [0.4, 0.5) is 5.69 Å². The van der Waals surface area contributed by atoms with E-state index in [1.807, 2.05) is 6.92 Å². The maximum absolute atomic E-state index is 11.8. The maximum Gasteiger partial charge on any atom is 0.251 e. The number of ether oxygens (including phenoxy) is 1. The van der Waals surface area contributed by atoms with Gasteiger partial charge in [-0.3, -0.25) is 4.79 Å². The smallest absolute Gasteiger partial charge is 0.251 e. The van der Waals surface area contributed by atoms with E-state index in [1.54, 1.807) is 25.3 Å². The lowest BCUT2D eigenvalue weighted by molar-refractivity contribution is 0.0934. The van der Waals surface area contributed by atoms with Crippen LogP contribution in [0.3, 0.4) is 0 Å². The number of halogens is 1. The molecule has 0 spiro atoms. The third-order valence-electron chi connectivity index (χ3n) is 2.32.